The summed E-state index contributed by atoms with van der Waals surface area (Å²) in [7, 11) is -3.17. The Bertz CT molecular complexity index is 727. The summed E-state index contributed by atoms with van der Waals surface area (Å²) in [6.07, 6.45) is 0.544. The van der Waals surface area contributed by atoms with Crippen LogP contribution in [0.5, 0.6) is 0 Å². The summed E-state index contributed by atoms with van der Waals surface area (Å²) in [5.41, 5.74) is 1.85. The molecule has 2 unspecified atom stereocenters. The highest BCUT2D eigenvalue weighted by Crippen LogP contribution is 2.28. The molecule has 118 valence electrons. The largest absolute Gasteiger partial charge is 0.480 e. The zero-order valence-corrected chi connectivity index (χ0v) is 12.8. The molecular weight excluding hydrogens is 306 g/mol. The van der Waals surface area contributed by atoms with Gasteiger partial charge in [0.15, 0.2) is 9.84 Å². The van der Waals surface area contributed by atoms with Crippen molar-refractivity contribution in [3.05, 3.63) is 35.4 Å². The van der Waals surface area contributed by atoms with Crippen LogP contribution in [0, 0.1) is 5.92 Å². The van der Waals surface area contributed by atoms with Gasteiger partial charge in [-0.25, -0.2) is 13.2 Å². The molecule has 22 heavy (non-hydrogen) atoms. The fourth-order valence-corrected chi connectivity index (χ4v) is 4.93. The van der Waals surface area contributed by atoms with Crippen LogP contribution in [0.3, 0.4) is 0 Å². The van der Waals surface area contributed by atoms with Gasteiger partial charge >= 0.3 is 5.97 Å². The highest BCUT2D eigenvalue weighted by atomic mass is 32.2. The Kier molecular flexibility index (Phi) is 3.68. The molecule has 0 radical (unpaired) electrons. The van der Waals surface area contributed by atoms with Gasteiger partial charge in [0, 0.05) is 13.0 Å². The Labute approximate surface area is 128 Å². The number of carbonyl (C=O) groups is 2. The molecule has 2 aliphatic heterocycles. The van der Waals surface area contributed by atoms with Crippen LogP contribution >= 0.6 is 0 Å². The van der Waals surface area contributed by atoms with Crippen LogP contribution in [0.4, 0.5) is 0 Å². The number of hydrogen-bond acceptors (Lipinski definition) is 4. The lowest BCUT2D eigenvalue weighted by Gasteiger charge is -2.35. The highest BCUT2D eigenvalue weighted by Gasteiger charge is 2.41. The average molecular weight is 323 g/mol. The van der Waals surface area contributed by atoms with Crippen molar-refractivity contribution in [3.8, 4) is 0 Å². The molecule has 1 aromatic rings. The van der Waals surface area contributed by atoms with Crippen LogP contribution in [0.2, 0.25) is 0 Å². The van der Waals surface area contributed by atoms with Crippen molar-refractivity contribution in [2.24, 2.45) is 5.92 Å². The fraction of sp³-hybridized carbons (Fsp3) is 0.467. The molecule has 7 heteroatoms. The number of amides is 1. The Balaban J connectivity index is 1.88. The van der Waals surface area contributed by atoms with E-state index in [1.165, 1.54) is 4.90 Å². The Morgan fingerprint density at radius 2 is 1.86 bits per heavy atom. The third-order valence-electron chi connectivity index (χ3n) is 4.40. The summed E-state index contributed by atoms with van der Waals surface area (Å²) in [6, 6.07) is 6.51. The van der Waals surface area contributed by atoms with Crippen LogP contribution in [0.1, 0.15) is 17.5 Å². The number of carboxylic acids is 1. The van der Waals surface area contributed by atoms with Crippen molar-refractivity contribution in [1.29, 1.82) is 0 Å². The summed E-state index contributed by atoms with van der Waals surface area (Å²) < 4.78 is 23.1. The molecule has 0 spiro atoms. The second-order valence-corrected chi connectivity index (χ2v) is 8.12. The number of benzene rings is 1. The highest BCUT2D eigenvalue weighted by molar-refractivity contribution is 7.91. The van der Waals surface area contributed by atoms with Gasteiger partial charge in [0.2, 0.25) is 5.91 Å². The average Bonchev–Trinajstić information content (AvgIpc) is 2.85. The maximum absolute atomic E-state index is 12.6. The molecule has 3 rings (SSSR count). The minimum Gasteiger partial charge on any atom is -0.480 e. The first-order chi connectivity index (χ1) is 10.4. The third-order valence-corrected chi connectivity index (χ3v) is 6.17. The van der Waals surface area contributed by atoms with E-state index < -0.39 is 27.8 Å². The first kappa shape index (κ1) is 15.0. The molecule has 1 N–H and O–H groups in total. The molecule has 0 aliphatic carbocycles. The van der Waals surface area contributed by atoms with E-state index in [-0.39, 0.29) is 36.8 Å². The van der Waals surface area contributed by atoms with Crippen molar-refractivity contribution in [3.63, 3.8) is 0 Å². The van der Waals surface area contributed by atoms with Crippen molar-refractivity contribution in [1.82, 2.24) is 4.90 Å². The maximum atomic E-state index is 12.6. The van der Waals surface area contributed by atoms with Gasteiger partial charge in [-0.05, 0) is 17.5 Å². The third kappa shape index (κ3) is 2.72. The molecule has 0 saturated carbocycles. The summed E-state index contributed by atoms with van der Waals surface area (Å²) in [5.74, 6) is -2.19. The molecule has 1 fully saturated rings. The first-order valence-corrected chi connectivity index (χ1v) is 9.00. The molecule has 1 amide bonds. The molecule has 2 heterocycles. The zero-order chi connectivity index (χ0) is 15.9. The number of sulfone groups is 1. The summed E-state index contributed by atoms with van der Waals surface area (Å²) in [4.78, 5) is 25.4. The van der Waals surface area contributed by atoms with E-state index in [0.717, 1.165) is 11.1 Å². The van der Waals surface area contributed by atoms with Gasteiger partial charge < -0.3 is 10.0 Å². The first-order valence-electron chi connectivity index (χ1n) is 7.18. The molecular formula is C15H17NO5S. The molecule has 0 bridgehead atoms. The molecule has 2 atom stereocenters. The van der Waals surface area contributed by atoms with Crippen LogP contribution in [-0.4, -0.2) is 47.8 Å². The molecule has 6 nitrogen and oxygen atoms in total. The number of hydrogen-bond donors (Lipinski definition) is 1. The SMILES string of the molecule is O=C(O)C1Cc2ccccc2CN1C(=O)C1CCS(=O)(=O)C1. The number of fused-ring (bicyclic) bond motifs is 1. The Morgan fingerprint density at radius 3 is 2.45 bits per heavy atom. The van der Waals surface area contributed by atoms with E-state index in [1.54, 1.807) is 0 Å². The van der Waals surface area contributed by atoms with Crippen LogP contribution in [-0.2, 0) is 32.4 Å². The smallest absolute Gasteiger partial charge is 0.326 e. The maximum Gasteiger partial charge on any atom is 0.326 e. The predicted octanol–water partition coefficient (Wildman–Crippen LogP) is 0.459. The molecule has 0 aromatic heterocycles. The number of carboxylic acid groups (broad SMARTS) is 1. The predicted molar refractivity (Wildman–Crippen MR) is 78.9 cm³/mol. The van der Waals surface area contributed by atoms with Gasteiger partial charge in [-0.3, -0.25) is 4.79 Å². The van der Waals surface area contributed by atoms with Gasteiger partial charge in [0.05, 0.1) is 17.4 Å². The van der Waals surface area contributed by atoms with E-state index in [1.807, 2.05) is 24.3 Å². The Morgan fingerprint density at radius 1 is 1.18 bits per heavy atom. The number of nitrogens with zero attached hydrogens (tertiary/aromatic N) is 1. The molecule has 1 saturated heterocycles. The van der Waals surface area contributed by atoms with Crippen LogP contribution in [0.25, 0.3) is 0 Å². The Hall–Kier alpha value is -1.89. The molecule has 2 aliphatic rings. The minimum absolute atomic E-state index is 0.00553. The van der Waals surface area contributed by atoms with Gasteiger partial charge in [0.25, 0.3) is 0 Å². The van der Waals surface area contributed by atoms with E-state index in [4.69, 9.17) is 0 Å². The van der Waals surface area contributed by atoms with Crippen LogP contribution < -0.4 is 0 Å². The number of aliphatic carboxylic acids is 1. The zero-order valence-electron chi connectivity index (χ0n) is 11.9. The summed E-state index contributed by atoms with van der Waals surface area (Å²) in [5, 5.41) is 9.42. The second-order valence-electron chi connectivity index (χ2n) is 5.89. The monoisotopic (exact) mass is 323 g/mol. The minimum atomic E-state index is -3.17. The van der Waals surface area contributed by atoms with Crippen molar-refractivity contribution in [2.45, 2.75) is 25.4 Å². The quantitative estimate of drug-likeness (QED) is 0.853. The second kappa shape index (κ2) is 5.39. The lowest BCUT2D eigenvalue weighted by atomic mass is 9.92. The van der Waals surface area contributed by atoms with E-state index in [0.29, 0.717) is 0 Å². The lowest BCUT2D eigenvalue weighted by Crippen LogP contribution is -2.50. The number of carbonyl (C=O) groups excluding carboxylic acids is 1. The van der Waals surface area contributed by atoms with Gasteiger partial charge in [-0.15, -0.1) is 0 Å². The van der Waals surface area contributed by atoms with E-state index in [2.05, 4.69) is 0 Å². The van der Waals surface area contributed by atoms with Crippen molar-refractivity contribution in [2.75, 3.05) is 11.5 Å². The van der Waals surface area contributed by atoms with Gasteiger partial charge in [0.1, 0.15) is 6.04 Å². The standard InChI is InChI=1S/C15H17NO5S/c17-14(12-5-6-22(20,21)9-12)16-8-11-4-2-1-3-10(11)7-13(16)15(18)19/h1-4,12-13H,5-9H2,(H,18,19). The fourth-order valence-electron chi connectivity index (χ4n) is 3.20. The van der Waals surface area contributed by atoms with Gasteiger partial charge in [-0.1, -0.05) is 24.3 Å². The number of rotatable bonds is 2. The van der Waals surface area contributed by atoms with E-state index >= 15 is 0 Å². The summed E-state index contributed by atoms with van der Waals surface area (Å²) >= 11 is 0. The van der Waals surface area contributed by atoms with Crippen LogP contribution in [0.15, 0.2) is 24.3 Å². The van der Waals surface area contributed by atoms with Crippen molar-refractivity contribution < 1.29 is 23.1 Å². The van der Waals surface area contributed by atoms with Crippen molar-refractivity contribution >= 4 is 21.7 Å². The normalized spacial score (nSPS) is 26.5. The van der Waals surface area contributed by atoms with E-state index in [9.17, 15) is 23.1 Å². The lowest BCUT2D eigenvalue weighted by molar-refractivity contribution is -0.153. The topological polar surface area (TPSA) is 91.8 Å². The van der Waals surface area contributed by atoms with Gasteiger partial charge in [-0.2, -0.15) is 0 Å². The molecule has 1 aromatic carbocycles. The summed E-state index contributed by atoms with van der Waals surface area (Å²) in [6.45, 7) is 0.225.